The summed E-state index contributed by atoms with van der Waals surface area (Å²) in [6.45, 7) is 3.91. The monoisotopic (exact) mass is 452 g/mol. The Morgan fingerprint density at radius 2 is 1.97 bits per heavy atom. The minimum atomic E-state index is -0.619. The van der Waals surface area contributed by atoms with Crippen molar-refractivity contribution < 1.29 is 14.3 Å². The number of hydrogen-bond acceptors (Lipinski definition) is 4. The maximum absolute atomic E-state index is 12.5. The van der Waals surface area contributed by atoms with E-state index in [1.807, 2.05) is 19.9 Å². The Kier molecular flexibility index (Phi) is 8.21. The smallest absolute Gasteiger partial charge is 0.266 e. The predicted molar refractivity (Wildman–Crippen MR) is 117 cm³/mol. The molecule has 2 aromatic rings. The van der Waals surface area contributed by atoms with Crippen molar-refractivity contribution in [1.29, 1.82) is 5.26 Å². The van der Waals surface area contributed by atoms with E-state index in [9.17, 15) is 10.1 Å². The summed E-state index contributed by atoms with van der Waals surface area (Å²) in [6.07, 6.45) is 2.15. The van der Waals surface area contributed by atoms with Gasteiger partial charge in [0.2, 0.25) is 0 Å². The molecule has 1 amide bonds. The lowest BCUT2D eigenvalue weighted by Gasteiger charge is -2.17. The molecule has 0 aromatic heterocycles. The number of benzene rings is 2. The first-order valence-electron chi connectivity index (χ1n) is 8.71. The molecule has 8 heteroatoms. The molecule has 29 heavy (non-hydrogen) atoms. The summed E-state index contributed by atoms with van der Waals surface area (Å²) in [5.74, 6) is 0.200. The fourth-order valence-electron chi connectivity index (χ4n) is 2.32. The minimum absolute atomic E-state index is 0.0487. The summed E-state index contributed by atoms with van der Waals surface area (Å²) in [5, 5.41) is 13.0. The highest BCUT2D eigenvalue weighted by Crippen LogP contribution is 2.38. The van der Waals surface area contributed by atoms with Crippen LogP contribution in [0.25, 0.3) is 6.08 Å². The maximum Gasteiger partial charge on any atom is 0.266 e. The molecular formula is C21H19Cl3N2O3. The van der Waals surface area contributed by atoms with Gasteiger partial charge in [0, 0.05) is 5.02 Å². The lowest BCUT2D eigenvalue weighted by molar-refractivity contribution is -0.112. The summed E-state index contributed by atoms with van der Waals surface area (Å²) in [7, 11) is 1.49. The standard InChI is InChI=1S/C21H19Cl3N2O3/c1-4-12(2)29-20-17(24)8-13(9-19(20)28-3)7-14(11-25)21(27)26-18-6-5-15(22)10-16(18)23/h5-10,12H,4H2,1-3H3,(H,26,27)/b14-7-/t12-/m0/s1. The Morgan fingerprint density at radius 3 is 2.55 bits per heavy atom. The van der Waals surface area contributed by atoms with Crippen molar-refractivity contribution in [2.75, 3.05) is 12.4 Å². The Balaban J connectivity index is 2.33. The molecule has 2 aromatic carbocycles. The average molecular weight is 454 g/mol. The maximum atomic E-state index is 12.5. The molecule has 152 valence electrons. The lowest BCUT2D eigenvalue weighted by Crippen LogP contribution is -2.13. The first-order valence-corrected chi connectivity index (χ1v) is 9.84. The van der Waals surface area contributed by atoms with Crippen LogP contribution in [0.1, 0.15) is 25.8 Å². The zero-order valence-corrected chi connectivity index (χ0v) is 18.3. The van der Waals surface area contributed by atoms with Gasteiger partial charge in [0.25, 0.3) is 5.91 Å². The van der Waals surface area contributed by atoms with Crippen LogP contribution in [0.5, 0.6) is 11.5 Å². The number of carbonyl (C=O) groups is 1. The molecule has 2 rings (SSSR count). The second-order valence-electron chi connectivity index (χ2n) is 6.12. The van der Waals surface area contributed by atoms with Crippen molar-refractivity contribution in [1.82, 2.24) is 0 Å². The number of anilines is 1. The van der Waals surface area contributed by atoms with Gasteiger partial charge in [0.15, 0.2) is 11.5 Å². The van der Waals surface area contributed by atoms with Crippen LogP contribution in [-0.2, 0) is 4.79 Å². The molecule has 1 atom stereocenters. The Bertz CT molecular complexity index is 984. The third kappa shape index (κ3) is 6.04. The summed E-state index contributed by atoms with van der Waals surface area (Å²) in [6, 6.07) is 9.75. The normalized spacial score (nSPS) is 12.1. The van der Waals surface area contributed by atoms with Crippen molar-refractivity contribution >= 4 is 52.5 Å². The SMILES string of the molecule is CC[C@H](C)Oc1c(Cl)cc(/C=C(/C#N)C(=O)Nc2ccc(Cl)cc2Cl)cc1OC. The van der Waals surface area contributed by atoms with Crippen LogP contribution in [0, 0.1) is 11.3 Å². The minimum Gasteiger partial charge on any atom is -0.493 e. The topological polar surface area (TPSA) is 71.3 Å². The number of nitriles is 1. The molecule has 0 heterocycles. The number of methoxy groups -OCH3 is 1. The van der Waals surface area contributed by atoms with E-state index >= 15 is 0 Å². The summed E-state index contributed by atoms with van der Waals surface area (Å²) < 4.78 is 11.2. The van der Waals surface area contributed by atoms with Gasteiger partial charge in [0.1, 0.15) is 11.6 Å². The molecule has 0 fully saturated rings. The van der Waals surface area contributed by atoms with Crippen LogP contribution in [0.15, 0.2) is 35.9 Å². The highest BCUT2D eigenvalue weighted by molar-refractivity contribution is 6.37. The highest BCUT2D eigenvalue weighted by atomic mass is 35.5. The van der Waals surface area contributed by atoms with Crippen LogP contribution in [-0.4, -0.2) is 19.1 Å². The van der Waals surface area contributed by atoms with E-state index in [-0.39, 0.29) is 16.7 Å². The van der Waals surface area contributed by atoms with Crippen LogP contribution in [0.4, 0.5) is 5.69 Å². The van der Waals surface area contributed by atoms with Crippen LogP contribution < -0.4 is 14.8 Å². The molecule has 0 saturated heterocycles. The second kappa shape index (κ2) is 10.4. The van der Waals surface area contributed by atoms with Gasteiger partial charge in [-0.15, -0.1) is 0 Å². The largest absolute Gasteiger partial charge is 0.493 e. The third-order valence-electron chi connectivity index (χ3n) is 4.00. The number of carbonyl (C=O) groups excluding carboxylic acids is 1. The van der Waals surface area contributed by atoms with Crippen LogP contribution in [0.2, 0.25) is 15.1 Å². The van der Waals surface area contributed by atoms with E-state index < -0.39 is 5.91 Å². The number of nitrogens with zero attached hydrogens (tertiary/aromatic N) is 1. The van der Waals surface area contributed by atoms with Gasteiger partial charge < -0.3 is 14.8 Å². The van der Waals surface area contributed by atoms with Gasteiger partial charge in [-0.3, -0.25) is 4.79 Å². The number of hydrogen-bond donors (Lipinski definition) is 1. The van der Waals surface area contributed by atoms with Crippen molar-refractivity contribution in [3.63, 3.8) is 0 Å². The zero-order chi connectivity index (χ0) is 21.6. The lowest BCUT2D eigenvalue weighted by atomic mass is 10.1. The van der Waals surface area contributed by atoms with E-state index in [2.05, 4.69) is 5.32 Å². The predicted octanol–water partition coefficient (Wildman–Crippen LogP) is 6.38. The highest BCUT2D eigenvalue weighted by Gasteiger charge is 2.16. The van der Waals surface area contributed by atoms with Crippen LogP contribution >= 0.6 is 34.8 Å². The number of amides is 1. The van der Waals surface area contributed by atoms with Crippen molar-refractivity contribution in [3.8, 4) is 17.6 Å². The fourth-order valence-corrected chi connectivity index (χ4v) is 3.04. The molecule has 0 aliphatic rings. The van der Waals surface area contributed by atoms with Crippen molar-refractivity contribution in [2.24, 2.45) is 0 Å². The summed E-state index contributed by atoms with van der Waals surface area (Å²) in [4.78, 5) is 12.5. The molecule has 0 spiro atoms. The van der Waals surface area contributed by atoms with Gasteiger partial charge in [0.05, 0.1) is 28.9 Å². The molecular weight excluding hydrogens is 435 g/mol. The van der Waals surface area contributed by atoms with Gasteiger partial charge in [-0.1, -0.05) is 41.7 Å². The van der Waals surface area contributed by atoms with E-state index in [0.29, 0.717) is 32.8 Å². The van der Waals surface area contributed by atoms with E-state index in [4.69, 9.17) is 44.3 Å². The van der Waals surface area contributed by atoms with Crippen molar-refractivity contribution in [3.05, 3.63) is 56.5 Å². The number of halogens is 3. The Morgan fingerprint density at radius 1 is 1.24 bits per heavy atom. The van der Waals surface area contributed by atoms with Crippen LogP contribution in [0.3, 0.4) is 0 Å². The van der Waals surface area contributed by atoms with E-state index in [1.165, 1.54) is 19.3 Å². The number of rotatable bonds is 7. The Hall–Kier alpha value is -2.39. The molecule has 0 saturated carbocycles. The molecule has 0 radical (unpaired) electrons. The molecule has 0 aliphatic carbocycles. The zero-order valence-electron chi connectivity index (χ0n) is 16.1. The Labute approximate surface area is 184 Å². The number of ether oxygens (including phenoxy) is 2. The van der Waals surface area contributed by atoms with E-state index in [1.54, 1.807) is 24.3 Å². The van der Waals surface area contributed by atoms with E-state index in [0.717, 1.165) is 6.42 Å². The molecule has 0 aliphatic heterocycles. The number of nitrogens with one attached hydrogen (secondary N) is 1. The van der Waals surface area contributed by atoms with Gasteiger partial charge in [-0.05, 0) is 55.3 Å². The van der Waals surface area contributed by atoms with Gasteiger partial charge in [-0.2, -0.15) is 5.26 Å². The molecule has 0 bridgehead atoms. The molecule has 0 unspecified atom stereocenters. The first kappa shape index (κ1) is 22.9. The summed E-state index contributed by atoms with van der Waals surface area (Å²) in [5.41, 5.74) is 0.720. The molecule has 5 nitrogen and oxygen atoms in total. The average Bonchev–Trinajstić information content (AvgIpc) is 2.69. The second-order valence-corrected chi connectivity index (χ2v) is 7.37. The third-order valence-corrected chi connectivity index (χ3v) is 4.83. The van der Waals surface area contributed by atoms with Gasteiger partial charge >= 0.3 is 0 Å². The van der Waals surface area contributed by atoms with Gasteiger partial charge in [-0.25, -0.2) is 0 Å². The van der Waals surface area contributed by atoms with Crippen molar-refractivity contribution in [2.45, 2.75) is 26.4 Å². The first-order chi connectivity index (χ1) is 13.8. The summed E-state index contributed by atoms with van der Waals surface area (Å²) >= 11 is 18.3. The quantitative estimate of drug-likeness (QED) is 0.390. The fraction of sp³-hybridized carbons (Fsp3) is 0.238. The molecule has 1 N–H and O–H groups in total.